The molecule has 5 rings (SSSR count). The van der Waals surface area contributed by atoms with Crippen LogP contribution in [0.3, 0.4) is 0 Å². The van der Waals surface area contributed by atoms with E-state index in [4.69, 9.17) is 4.74 Å². The van der Waals surface area contributed by atoms with E-state index >= 15 is 0 Å². The maximum atomic E-state index is 13.6. The molecule has 2 aromatic rings. The molecular weight excluding hydrogens is 368 g/mol. The highest BCUT2D eigenvalue weighted by Crippen LogP contribution is 2.46. The summed E-state index contributed by atoms with van der Waals surface area (Å²) in [5, 5.41) is 0. The first-order valence-electron chi connectivity index (χ1n) is 10.4. The maximum absolute atomic E-state index is 13.6. The fourth-order valence-electron chi connectivity index (χ4n) is 5.50. The maximum Gasteiger partial charge on any atom is 0.328 e. The molecule has 1 aliphatic carbocycles. The van der Waals surface area contributed by atoms with E-state index in [-0.39, 0.29) is 24.0 Å². The van der Waals surface area contributed by atoms with E-state index in [0.717, 1.165) is 31.2 Å². The summed E-state index contributed by atoms with van der Waals surface area (Å²) in [6.07, 6.45) is 8.75. The molecule has 2 aliphatic heterocycles. The molecule has 0 unspecified atom stereocenters. The van der Waals surface area contributed by atoms with Crippen LogP contribution in [0, 0.1) is 5.92 Å². The van der Waals surface area contributed by atoms with Crippen molar-refractivity contribution in [3.63, 3.8) is 0 Å². The van der Waals surface area contributed by atoms with E-state index in [9.17, 15) is 9.59 Å². The van der Waals surface area contributed by atoms with Gasteiger partial charge in [-0.25, -0.2) is 14.7 Å². The van der Waals surface area contributed by atoms with E-state index in [1.54, 1.807) is 13.3 Å². The lowest BCUT2D eigenvalue weighted by atomic mass is 9.84. The minimum absolute atomic E-state index is 0.108. The van der Waals surface area contributed by atoms with Crippen molar-refractivity contribution in [1.29, 1.82) is 0 Å². The molecule has 1 aromatic carbocycles. The van der Waals surface area contributed by atoms with E-state index in [1.807, 2.05) is 47.0 Å². The Labute approximate surface area is 170 Å². The van der Waals surface area contributed by atoms with Crippen LogP contribution < -0.4 is 4.74 Å². The SMILES string of the molecule is COc1ccccc1[C@H](c1nccn1C)N1C(=O)[C@@H]2C[C@H]3CCCC[C@H]3N2C1=O. The molecule has 152 valence electrons. The summed E-state index contributed by atoms with van der Waals surface area (Å²) in [6, 6.07) is 6.60. The molecule has 0 N–H and O–H groups in total. The zero-order chi connectivity index (χ0) is 20.1. The molecule has 0 spiro atoms. The Morgan fingerprint density at radius 1 is 1.17 bits per heavy atom. The fraction of sp³-hybridized carbons (Fsp3) is 0.500. The van der Waals surface area contributed by atoms with E-state index < -0.39 is 6.04 Å². The number of imide groups is 1. The zero-order valence-corrected chi connectivity index (χ0v) is 16.8. The number of aromatic nitrogens is 2. The Hall–Kier alpha value is -2.83. The summed E-state index contributed by atoms with van der Waals surface area (Å²) in [5.74, 6) is 1.64. The molecule has 2 saturated heterocycles. The number of methoxy groups -OCH3 is 1. The molecule has 29 heavy (non-hydrogen) atoms. The van der Waals surface area contributed by atoms with Crippen LogP contribution in [0.1, 0.15) is 49.5 Å². The highest BCUT2D eigenvalue weighted by atomic mass is 16.5. The van der Waals surface area contributed by atoms with Gasteiger partial charge in [0.15, 0.2) is 0 Å². The van der Waals surface area contributed by atoms with Gasteiger partial charge >= 0.3 is 6.03 Å². The number of aryl methyl sites for hydroxylation is 1. The summed E-state index contributed by atoms with van der Waals surface area (Å²) in [7, 11) is 3.49. The van der Waals surface area contributed by atoms with Gasteiger partial charge in [0.2, 0.25) is 0 Å². The van der Waals surface area contributed by atoms with Gasteiger partial charge in [0.05, 0.1) is 7.11 Å². The van der Waals surface area contributed by atoms with Gasteiger partial charge in [-0.15, -0.1) is 0 Å². The summed E-state index contributed by atoms with van der Waals surface area (Å²) in [5.41, 5.74) is 0.771. The average molecular weight is 394 g/mol. The standard InChI is InChI=1S/C22H26N4O3/c1-24-12-11-23-20(24)19(15-8-4-6-10-18(15)29-2)26-21(27)17-13-14-7-3-5-9-16(14)25(17)22(26)28/h4,6,8,10-12,14,16-17,19H,3,5,7,9,13H2,1-2H3/t14-,16-,17+,19-/m1/s1. The van der Waals surface area contributed by atoms with Crippen LogP contribution in [0.15, 0.2) is 36.7 Å². The van der Waals surface area contributed by atoms with Crippen molar-refractivity contribution < 1.29 is 14.3 Å². The molecule has 3 aliphatic rings. The molecule has 3 heterocycles. The number of nitrogens with zero attached hydrogens (tertiary/aromatic N) is 4. The Bertz CT molecular complexity index is 955. The topological polar surface area (TPSA) is 67.7 Å². The number of carbonyl (C=O) groups excluding carboxylic acids is 2. The number of carbonyl (C=O) groups is 2. The van der Waals surface area contributed by atoms with Crippen LogP contribution in [-0.2, 0) is 11.8 Å². The lowest BCUT2D eigenvalue weighted by Crippen LogP contribution is -2.43. The normalized spacial score (nSPS) is 27.2. The third-order valence-corrected chi connectivity index (χ3v) is 6.83. The average Bonchev–Trinajstić information content (AvgIpc) is 3.40. The third kappa shape index (κ3) is 2.67. The van der Waals surface area contributed by atoms with Crippen LogP contribution in [-0.4, -0.2) is 50.5 Å². The van der Waals surface area contributed by atoms with Crippen molar-refractivity contribution in [3.05, 3.63) is 48.0 Å². The monoisotopic (exact) mass is 394 g/mol. The fourth-order valence-corrected chi connectivity index (χ4v) is 5.50. The number of hydrogen-bond donors (Lipinski definition) is 0. The van der Waals surface area contributed by atoms with E-state index in [1.165, 1.54) is 11.3 Å². The quantitative estimate of drug-likeness (QED) is 0.748. The second kappa shape index (κ2) is 6.90. The first-order valence-corrected chi connectivity index (χ1v) is 10.4. The summed E-state index contributed by atoms with van der Waals surface area (Å²) < 4.78 is 7.44. The van der Waals surface area contributed by atoms with Crippen LogP contribution in [0.25, 0.3) is 0 Å². The van der Waals surface area contributed by atoms with Crippen LogP contribution in [0.5, 0.6) is 5.75 Å². The molecule has 7 heteroatoms. The number of rotatable bonds is 4. The second-order valence-corrected chi connectivity index (χ2v) is 8.30. The Kier molecular flexibility index (Phi) is 4.33. The Morgan fingerprint density at radius 3 is 2.72 bits per heavy atom. The molecule has 1 saturated carbocycles. The van der Waals surface area contributed by atoms with Gasteiger partial charge in [0.1, 0.15) is 23.7 Å². The van der Waals surface area contributed by atoms with Crippen molar-refractivity contribution in [2.75, 3.05) is 7.11 Å². The van der Waals surface area contributed by atoms with Crippen molar-refractivity contribution in [1.82, 2.24) is 19.4 Å². The van der Waals surface area contributed by atoms with E-state index in [0.29, 0.717) is 17.5 Å². The van der Waals surface area contributed by atoms with Gasteiger partial charge in [-0.05, 0) is 31.2 Å². The highest BCUT2D eigenvalue weighted by molar-refractivity contribution is 6.05. The van der Waals surface area contributed by atoms with Gasteiger partial charge in [0.25, 0.3) is 5.91 Å². The molecule has 7 nitrogen and oxygen atoms in total. The van der Waals surface area contributed by atoms with Gasteiger partial charge in [-0.1, -0.05) is 31.0 Å². The number of benzene rings is 1. The number of imidazole rings is 1. The molecular formula is C22H26N4O3. The minimum atomic E-state index is -0.612. The van der Waals surface area contributed by atoms with Crippen molar-refractivity contribution >= 4 is 11.9 Å². The number of hydrogen-bond acceptors (Lipinski definition) is 4. The number of para-hydroxylation sites is 1. The largest absolute Gasteiger partial charge is 0.496 e. The molecule has 0 bridgehead atoms. The molecule has 4 atom stereocenters. The van der Waals surface area contributed by atoms with Crippen LogP contribution >= 0.6 is 0 Å². The first-order chi connectivity index (χ1) is 14.1. The molecule has 3 amide bonds. The predicted octanol–water partition coefficient (Wildman–Crippen LogP) is 3.11. The minimum Gasteiger partial charge on any atom is -0.496 e. The highest BCUT2D eigenvalue weighted by Gasteiger charge is 2.57. The number of fused-ring (bicyclic) bond motifs is 3. The lowest BCUT2D eigenvalue weighted by Gasteiger charge is -2.33. The summed E-state index contributed by atoms with van der Waals surface area (Å²) >= 11 is 0. The molecule has 1 aromatic heterocycles. The van der Waals surface area contributed by atoms with E-state index in [2.05, 4.69) is 4.98 Å². The lowest BCUT2D eigenvalue weighted by molar-refractivity contribution is -0.129. The van der Waals surface area contributed by atoms with Gasteiger partial charge < -0.3 is 14.2 Å². The van der Waals surface area contributed by atoms with Crippen molar-refractivity contribution in [3.8, 4) is 5.75 Å². The third-order valence-electron chi connectivity index (χ3n) is 6.83. The molecule has 0 radical (unpaired) electrons. The number of amides is 3. The van der Waals surface area contributed by atoms with Crippen LogP contribution in [0.4, 0.5) is 4.79 Å². The van der Waals surface area contributed by atoms with Gasteiger partial charge in [-0.3, -0.25) is 4.79 Å². The zero-order valence-electron chi connectivity index (χ0n) is 16.8. The number of urea groups is 1. The van der Waals surface area contributed by atoms with Gasteiger partial charge in [0, 0.05) is 31.0 Å². The van der Waals surface area contributed by atoms with Gasteiger partial charge in [-0.2, -0.15) is 0 Å². The smallest absolute Gasteiger partial charge is 0.328 e. The number of ether oxygens (including phenoxy) is 1. The first kappa shape index (κ1) is 18.2. The summed E-state index contributed by atoms with van der Waals surface area (Å²) in [6.45, 7) is 0. The molecule has 3 fully saturated rings. The Morgan fingerprint density at radius 2 is 1.97 bits per heavy atom. The Balaban J connectivity index is 1.60. The summed E-state index contributed by atoms with van der Waals surface area (Å²) in [4.78, 5) is 35.0. The van der Waals surface area contributed by atoms with Crippen LogP contribution in [0.2, 0.25) is 0 Å². The van der Waals surface area contributed by atoms with Crippen molar-refractivity contribution in [2.45, 2.75) is 50.2 Å². The predicted molar refractivity (Wildman–Crippen MR) is 106 cm³/mol. The van der Waals surface area contributed by atoms with Crippen molar-refractivity contribution in [2.24, 2.45) is 13.0 Å². The second-order valence-electron chi connectivity index (χ2n) is 8.30.